The van der Waals surface area contributed by atoms with Gasteiger partial charge in [-0.25, -0.2) is 9.78 Å². The van der Waals surface area contributed by atoms with Crippen LogP contribution in [-0.2, 0) is 4.79 Å². The number of aliphatic carboxylic acids is 1. The van der Waals surface area contributed by atoms with Crippen LogP contribution < -0.4 is 0 Å². The Labute approximate surface area is 168 Å². The fraction of sp³-hybridized carbons (Fsp3) is 0. The molecule has 0 bridgehead atoms. The molecule has 8 nitrogen and oxygen atoms in total. The summed E-state index contributed by atoms with van der Waals surface area (Å²) in [5, 5.41) is 20.9. The van der Waals surface area contributed by atoms with E-state index in [0.717, 1.165) is 11.8 Å². The van der Waals surface area contributed by atoms with E-state index in [1.54, 1.807) is 47.2 Å². The molecule has 9 heteroatoms. The number of hydrogen-bond donors (Lipinski definition) is 1. The number of non-ortho nitro benzene ring substituents is 1. The summed E-state index contributed by atoms with van der Waals surface area (Å²) in [6, 6.07) is 16.7. The van der Waals surface area contributed by atoms with Gasteiger partial charge in [-0.15, -0.1) is 0 Å². The van der Waals surface area contributed by atoms with Crippen molar-refractivity contribution in [3.05, 3.63) is 87.6 Å². The number of rotatable bonds is 6. The average Bonchev–Trinajstić information content (AvgIpc) is 3.33. The second-order valence-corrected chi connectivity index (χ2v) is 6.94. The Bertz CT molecular complexity index is 1220. The Balaban J connectivity index is 1.70. The van der Waals surface area contributed by atoms with Crippen molar-refractivity contribution in [3.63, 3.8) is 0 Å². The number of carbonyl (C=O) groups is 1. The van der Waals surface area contributed by atoms with Gasteiger partial charge in [-0.05, 0) is 48.2 Å². The summed E-state index contributed by atoms with van der Waals surface area (Å²) in [4.78, 5) is 26.6. The van der Waals surface area contributed by atoms with Gasteiger partial charge >= 0.3 is 5.97 Å². The molecule has 144 valence electrons. The largest absolute Gasteiger partial charge is 0.477 e. The number of nitrogens with zero attached hydrogens (tertiary/aromatic N) is 3. The Morgan fingerprint density at radius 3 is 2.76 bits per heavy atom. The third-order valence-corrected chi connectivity index (χ3v) is 4.92. The highest BCUT2D eigenvalue weighted by atomic mass is 32.2. The zero-order valence-electron chi connectivity index (χ0n) is 14.8. The normalized spacial score (nSPS) is 11.7. The summed E-state index contributed by atoms with van der Waals surface area (Å²) in [5.41, 5.74) is 2.25. The maximum atomic E-state index is 11.8. The highest BCUT2D eigenvalue weighted by molar-refractivity contribution is 8.03. The van der Waals surface area contributed by atoms with Crippen molar-refractivity contribution >= 4 is 40.6 Å². The van der Waals surface area contributed by atoms with Crippen LogP contribution in [0.1, 0.15) is 5.69 Å². The van der Waals surface area contributed by atoms with Gasteiger partial charge in [-0.2, -0.15) is 0 Å². The molecule has 4 aromatic rings. The fourth-order valence-corrected chi connectivity index (χ4v) is 3.49. The van der Waals surface area contributed by atoms with Gasteiger partial charge in [0.25, 0.3) is 10.9 Å². The van der Waals surface area contributed by atoms with Crippen molar-refractivity contribution in [3.8, 4) is 5.69 Å². The van der Waals surface area contributed by atoms with E-state index in [0.29, 0.717) is 22.5 Å². The maximum absolute atomic E-state index is 11.8. The second-order valence-electron chi connectivity index (χ2n) is 5.94. The molecule has 0 amide bonds. The summed E-state index contributed by atoms with van der Waals surface area (Å²) in [6.07, 6.45) is 3.18. The molecule has 0 saturated heterocycles. The highest BCUT2D eigenvalue weighted by Crippen LogP contribution is 2.31. The van der Waals surface area contributed by atoms with E-state index in [9.17, 15) is 20.0 Å². The van der Waals surface area contributed by atoms with Gasteiger partial charge < -0.3 is 14.1 Å². The molecule has 4 rings (SSSR count). The third-order valence-electron chi connectivity index (χ3n) is 4.06. The van der Waals surface area contributed by atoms with Gasteiger partial charge in [0.05, 0.1) is 10.6 Å². The summed E-state index contributed by atoms with van der Waals surface area (Å²) >= 11 is 0.895. The van der Waals surface area contributed by atoms with E-state index < -0.39 is 10.9 Å². The summed E-state index contributed by atoms with van der Waals surface area (Å²) in [7, 11) is 0. The summed E-state index contributed by atoms with van der Waals surface area (Å²) in [5.74, 6) is -1.14. The number of aromatic nitrogens is 2. The number of hydrogen-bond acceptors (Lipinski definition) is 6. The first-order valence-corrected chi connectivity index (χ1v) is 9.23. The Morgan fingerprint density at radius 1 is 1.17 bits per heavy atom. The lowest BCUT2D eigenvalue weighted by Gasteiger charge is -2.07. The molecule has 0 aliphatic heterocycles. The molecule has 2 aromatic carbocycles. The van der Waals surface area contributed by atoms with Gasteiger partial charge in [0, 0.05) is 24.0 Å². The monoisotopic (exact) mass is 407 g/mol. The van der Waals surface area contributed by atoms with Crippen LogP contribution in [0, 0.1) is 10.1 Å². The number of fused-ring (bicyclic) bond motifs is 1. The SMILES string of the molecule is O=C(O)/C(=C/c1cccn1-c1cccc([N+](=O)[O-])c1)Sc1nc2ccccc2o1. The molecule has 0 fully saturated rings. The predicted octanol–water partition coefficient (Wildman–Crippen LogP) is 4.74. The van der Waals surface area contributed by atoms with E-state index in [1.165, 1.54) is 18.2 Å². The molecule has 0 aliphatic rings. The molecule has 2 aromatic heterocycles. The van der Waals surface area contributed by atoms with Crippen LogP contribution in [0.15, 0.2) is 81.4 Å². The lowest BCUT2D eigenvalue weighted by atomic mass is 10.2. The van der Waals surface area contributed by atoms with Crippen molar-refractivity contribution in [2.75, 3.05) is 0 Å². The fourth-order valence-electron chi connectivity index (χ4n) is 2.76. The van der Waals surface area contributed by atoms with Gasteiger partial charge in [0.1, 0.15) is 10.4 Å². The zero-order valence-corrected chi connectivity index (χ0v) is 15.6. The van der Waals surface area contributed by atoms with Crippen LogP contribution in [0.25, 0.3) is 22.9 Å². The number of carboxylic acids is 1. The highest BCUT2D eigenvalue weighted by Gasteiger charge is 2.16. The van der Waals surface area contributed by atoms with E-state index in [2.05, 4.69) is 4.98 Å². The van der Waals surface area contributed by atoms with Crippen molar-refractivity contribution in [2.24, 2.45) is 0 Å². The van der Waals surface area contributed by atoms with Crippen LogP contribution in [-0.4, -0.2) is 25.6 Å². The quantitative estimate of drug-likeness (QED) is 0.212. The minimum absolute atomic E-state index is 0.00179. The Hall–Kier alpha value is -3.85. The first kappa shape index (κ1) is 18.5. The number of benzene rings is 2. The summed E-state index contributed by atoms with van der Waals surface area (Å²) in [6.45, 7) is 0. The molecule has 0 spiro atoms. The van der Waals surface area contributed by atoms with Gasteiger partial charge in [0.2, 0.25) is 0 Å². The first-order chi connectivity index (χ1) is 14.0. The number of nitro groups is 1. The van der Waals surface area contributed by atoms with Crippen LogP contribution in [0.3, 0.4) is 0 Å². The van der Waals surface area contributed by atoms with Gasteiger partial charge in [-0.1, -0.05) is 18.2 Å². The summed E-state index contributed by atoms with van der Waals surface area (Å²) < 4.78 is 7.26. The second kappa shape index (κ2) is 7.64. The number of nitro benzene ring substituents is 1. The number of carboxylic acid groups (broad SMARTS) is 1. The third kappa shape index (κ3) is 3.90. The minimum Gasteiger partial charge on any atom is -0.477 e. The molecular formula is C20H13N3O5S. The van der Waals surface area contributed by atoms with Gasteiger partial charge in [0.15, 0.2) is 5.58 Å². The molecular weight excluding hydrogens is 394 g/mol. The average molecular weight is 407 g/mol. The van der Waals surface area contributed by atoms with Crippen molar-refractivity contribution in [2.45, 2.75) is 5.22 Å². The molecule has 0 unspecified atom stereocenters. The zero-order chi connectivity index (χ0) is 20.4. The van der Waals surface area contributed by atoms with Crippen molar-refractivity contribution in [1.29, 1.82) is 0 Å². The maximum Gasteiger partial charge on any atom is 0.342 e. The Morgan fingerprint density at radius 2 is 2.00 bits per heavy atom. The molecule has 0 radical (unpaired) electrons. The molecule has 1 N–H and O–H groups in total. The van der Waals surface area contributed by atoms with Crippen molar-refractivity contribution in [1.82, 2.24) is 9.55 Å². The lowest BCUT2D eigenvalue weighted by Crippen LogP contribution is -2.00. The smallest absolute Gasteiger partial charge is 0.342 e. The molecule has 0 atom stereocenters. The number of oxazole rings is 1. The topological polar surface area (TPSA) is 111 Å². The van der Waals surface area contributed by atoms with E-state index in [4.69, 9.17) is 4.42 Å². The number of thioether (sulfide) groups is 1. The van der Waals surface area contributed by atoms with E-state index >= 15 is 0 Å². The predicted molar refractivity (Wildman–Crippen MR) is 108 cm³/mol. The first-order valence-electron chi connectivity index (χ1n) is 8.42. The molecule has 2 heterocycles. The standard InChI is InChI=1S/C20H13N3O5S/c24-19(25)18(29-20-21-16-8-1-2-9-17(16)28-20)12-14-7-4-10-22(14)13-5-3-6-15(11-13)23(26)27/h1-12H,(H,24,25)/b18-12-. The molecule has 0 aliphatic carbocycles. The van der Waals surface area contributed by atoms with Crippen LogP contribution in [0.2, 0.25) is 0 Å². The lowest BCUT2D eigenvalue weighted by molar-refractivity contribution is -0.384. The number of para-hydroxylation sites is 2. The minimum atomic E-state index is -1.14. The van der Waals surface area contributed by atoms with Crippen molar-refractivity contribution < 1.29 is 19.2 Å². The van der Waals surface area contributed by atoms with E-state index in [1.807, 2.05) is 12.1 Å². The Kier molecular flexibility index (Phi) is 4.88. The van der Waals surface area contributed by atoms with E-state index in [-0.39, 0.29) is 15.8 Å². The van der Waals surface area contributed by atoms with Crippen LogP contribution in [0.5, 0.6) is 0 Å². The van der Waals surface area contributed by atoms with Crippen LogP contribution >= 0.6 is 11.8 Å². The molecule has 0 saturated carbocycles. The molecule has 29 heavy (non-hydrogen) atoms. The van der Waals surface area contributed by atoms with Crippen LogP contribution in [0.4, 0.5) is 5.69 Å². The van der Waals surface area contributed by atoms with Gasteiger partial charge in [-0.3, -0.25) is 10.1 Å².